The molecule has 0 saturated heterocycles. The summed E-state index contributed by atoms with van der Waals surface area (Å²) in [6.45, 7) is 8.13. The molecule has 16 heavy (non-hydrogen) atoms. The predicted molar refractivity (Wildman–Crippen MR) is 66.7 cm³/mol. The first-order valence-corrected chi connectivity index (χ1v) is 6.41. The summed E-state index contributed by atoms with van der Waals surface area (Å²) in [7, 11) is 0. The third-order valence-corrected chi connectivity index (χ3v) is 3.29. The molecule has 0 aliphatic heterocycles. The molecule has 1 N–H and O–H groups in total. The van der Waals surface area contributed by atoms with Crippen molar-refractivity contribution in [1.29, 1.82) is 0 Å². The second-order valence-electron chi connectivity index (χ2n) is 5.09. The fraction of sp³-hybridized carbons (Fsp3) is 0.750. The summed E-state index contributed by atoms with van der Waals surface area (Å²) in [6.07, 6.45) is 2.60. The van der Waals surface area contributed by atoms with Crippen molar-refractivity contribution >= 4 is 11.6 Å². The van der Waals surface area contributed by atoms with E-state index in [-0.39, 0.29) is 0 Å². The van der Waals surface area contributed by atoms with Gasteiger partial charge in [-0.3, -0.25) is 4.68 Å². The normalized spacial score (nSPS) is 16.1. The third kappa shape index (κ3) is 2.77. The molecular weight excluding hydrogens is 222 g/mol. The number of hydrogen-bond acceptors (Lipinski definition) is 2. The summed E-state index contributed by atoms with van der Waals surface area (Å²) in [6, 6.07) is 0.712. The van der Waals surface area contributed by atoms with Gasteiger partial charge in [0.05, 0.1) is 5.69 Å². The van der Waals surface area contributed by atoms with Crippen LogP contribution in [0.1, 0.15) is 37.9 Å². The highest BCUT2D eigenvalue weighted by Gasteiger charge is 2.22. The molecule has 0 atom stereocenters. The fourth-order valence-electron chi connectivity index (χ4n) is 1.79. The van der Waals surface area contributed by atoms with E-state index >= 15 is 0 Å². The molecule has 3 nitrogen and oxygen atoms in total. The van der Waals surface area contributed by atoms with Gasteiger partial charge in [-0.15, -0.1) is 0 Å². The van der Waals surface area contributed by atoms with Gasteiger partial charge in [0, 0.05) is 24.7 Å². The van der Waals surface area contributed by atoms with Crippen molar-refractivity contribution in [3.8, 4) is 0 Å². The van der Waals surface area contributed by atoms with Gasteiger partial charge in [0.2, 0.25) is 0 Å². The molecule has 4 heteroatoms. The summed E-state index contributed by atoms with van der Waals surface area (Å²) in [5, 5.41) is 8.78. The molecule has 0 radical (unpaired) electrons. The van der Waals surface area contributed by atoms with E-state index in [1.807, 2.05) is 11.6 Å². The van der Waals surface area contributed by atoms with E-state index in [4.69, 9.17) is 11.6 Å². The molecule has 0 unspecified atom stereocenters. The largest absolute Gasteiger partial charge is 0.310 e. The van der Waals surface area contributed by atoms with Crippen LogP contribution in [0.25, 0.3) is 0 Å². The number of aryl methyl sites for hydroxylation is 1. The average molecular weight is 242 g/mol. The minimum atomic E-state index is 0.570. The number of rotatable bonds is 5. The van der Waals surface area contributed by atoms with Crippen LogP contribution < -0.4 is 5.32 Å². The van der Waals surface area contributed by atoms with Crippen LogP contribution in [0.4, 0.5) is 0 Å². The number of aromatic nitrogens is 2. The Balaban J connectivity index is 2.06. The zero-order valence-corrected chi connectivity index (χ0v) is 11.0. The molecule has 0 bridgehead atoms. The molecule has 1 aromatic rings. The monoisotopic (exact) mass is 241 g/mol. The van der Waals surface area contributed by atoms with Crippen molar-refractivity contribution in [2.45, 2.75) is 52.7 Å². The Hall–Kier alpha value is -0.540. The smallest absolute Gasteiger partial charge is 0.131 e. The molecular formula is C12H20ClN3. The van der Waals surface area contributed by atoms with Crippen molar-refractivity contribution in [2.24, 2.45) is 5.92 Å². The van der Waals surface area contributed by atoms with Crippen molar-refractivity contribution in [1.82, 2.24) is 15.1 Å². The lowest BCUT2D eigenvalue weighted by molar-refractivity contribution is 0.481. The van der Waals surface area contributed by atoms with Crippen LogP contribution in [0.5, 0.6) is 0 Å². The molecule has 1 aliphatic carbocycles. The van der Waals surface area contributed by atoms with Crippen LogP contribution in [0, 0.1) is 12.8 Å². The third-order valence-electron chi connectivity index (χ3n) is 2.87. The van der Waals surface area contributed by atoms with Crippen LogP contribution in [-0.2, 0) is 13.1 Å². The number of halogens is 1. The van der Waals surface area contributed by atoms with E-state index in [0.29, 0.717) is 12.0 Å². The van der Waals surface area contributed by atoms with Gasteiger partial charge in [0.25, 0.3) is 0 Å². The molecule has 1 saturated carbocycles. The number of hydrogen-bond donors (Lipinski definition) is 1. The molecule has 0 spiro atoms. The average Bonchev–Trinajstić information content (AvgIpc) is 2.96. The minimum Gasteiger partial charge on any atom is -0.310 e. The van der Waals surface area contributed by atoms with Gasteiger partial charge in [0.15, 0.2) is 0 Å². The van der Waals surface area contributed by atoms with Crippen molar-refractivity contribution in [3.05, 3.63) is 16.4 Å². The Labute approximate surface area is 102 Å². The van der Waals surface area contributed by atoms with Gasteiger partial charge >= 0.3 is 0 Å². The topological polar surface area (TPSA) is 29.9 Å². The second kappa shape index (κ2) is 4.76. The minimum absolute atomic E-state index is 0.570. The van der Waals surface area contributed by atoms with Crippen LogP contribution >= 0.6 is 11.6 Å². The van der Waals surface area contributed by atoms with Crippen LogP contribution in [0.2, 0.25) is 5.15 Å². The van der Waals surface area contributed by atoms with E-state index in [0.717, 1.165) is 29.5 Å². The van der Waals surface area contributed by atoms with E-state index in [2.05, 4.69) is 24.3 Å². The number of nitrogens with one attached hydrogen (secondary N) is 1. The van der Waals surface area contributed by atoms with Crippen LogP contribution in [0.3, 0.4) is 0 Å². The zero-order valence-electron chi connectivity index (χ0n) is 10.3. The standard InChI is InChI=1S/C12H20ClN3/c1-8(2)7-16-12(13)11(9(3)15-16)6-14-10-4-5-10/h8,10,14H,4-7H2,1-3H3. The van der Waals surface area contributed by atoms with Crippen molar-refractivity contribution in [3.63, 3.8) is 0 Å². The Morgan fingerprint density at radius 2 is 2.19 bits per heavy atom. The first kappa shape index (κ1) is 11.9. The molecule has 90 valence electrons. The lowest BCUT2D eigenvalue weighted by Crippen LogP contribution is -2.16. The van der Waals surface area contributed by atoms with E-state index in [1.54, 1.807) is 0 Å². The highest BCUT2D eigenvalue weighted by molar-refractivity contribution is 6.30. The maximum absolute atomic E-state index is 6.34. The van der Waals surface area contributed by atoms with Gasteiger partial charge in [-0.25, -0.2) is 0 Å². The molecule has 2 rings (SSSR count). The summed E-state index contributed by atoms with van der Waals surface area (Å²) < 4.78 is 1.92. The summed E-state index contributed by atoms with van der Waals surface area (Å²) in [5.74, 6) is 0.570. The molecule has 1 aromatic heterocycles. The molecule has 0 aromatic carbocycles. The quantitative estimate of drug-likeness (QED) is 0.859. The SMILES string of the molecule is Cc1nn(CC(C)C)c(Cl)c1CNC1CC1. The van der Waals surface area contributed by atoms with Gasteiger partial charge in [-0.05, 0) is 25.7 Å². The van der Waals surface area contributed by atoms with Gasteiger partial charge in [-0.2, -0.15) is 5.10 Å². The summed E-state index contributed by atoms with van der Waals surface area (Å²) in [4.78, 5) is 0. The maximum atomic E-state index is 6.34. The Morgan fingerprint density at radius 3 is 2.75 bits per heavy atom. The lowest BCUT2D eigenvalue weighted by atomic mass is 10.2. The summed E-state index contributed by atoms with van der Waals surface area (Å²) in [5.41, 5.74) is 2.22. The second-order valence-corrected chi connectivity index (χ2v) is 5.44. The van der Waals surface area contributed by atoms with E-state index < -0.39 is 0 Å². The Kier molecular flexibility index (Phi) is 3.55. The summed E-state index contributed by atoms with van der Waals surface area (Å²) >= 11 is 6.34. The van der Waals surface area contributed by atoms with Gasteiger partial charge in [-0.1, -0.05) is 25.4 Å². The molecule has 1 fully saturated rings. The van der Waals surface area contributed by atoms with Gasteiger partial charge < -0.3 is 5.32 Å². The first-order chi connectivity index (χ1) is 7.58. The number of nitrogens with zero attached hydrogens (tertiary/aromatic N) is 2. The van der Waals surface area contributed by atoms with E-state index in [9.17, 15) is 0 Å². The lowest BCUT2D eigenvalue weighted by Gasteiger charge is -2.06. The Morgan fingerprint density at radius 1 is 1.50 bits per heavy atom. The zero-order chi connectivity index (χ0) is 11.7. The van der Waals surface area contributed by atoms with E-state index in [1.165, 1.54) is 12.8 Å². The highest BCUT2D eigenvalue weighted by atomic mass is 35.5. The van der Waals surface area contributed by atoms with Crippen molar-refractivity contribution < 1.29 is 0 Å². The first-order valence-electron chi connectivity index (χ1n) is 6.03. The molecule has 1 heterocycles. The molecule has 1 aliphatic rings. The predicted octanol–water partition coefficient (Wildman–Crippen LogP) is 2.75. The van der Waals surface area contributed by atoms with Crippen LogP contribution in [0.15, 0.2) is 0 Å². The van der Waals surface area contributed by atoms with Crippen LogP contribution in [-0.4, -0.2) is 15.8 Å². The van der Waals surface area contributed by atoms with Crippen molar-refractivity contribution in [2.75, 3.05) is 0 Å². The van der Waals surface area contributed by atoms with Gasteiger partial charge in [0.1, 0.15) is 5.15 Å². The fourth-order valence-corrected chi connectivity index (χ4v) is 2.10. The maximum Gasteiger partial charge on any atom is 0.131 e. The highest BCUT2D eigenvalue weighted by Crippen LogP contribution is 2.24. The molecule has 0 amide bonds. The Bertz CT molecular complexity index is 367.